The molecule has 0 fully saturated rings. The SMILES string of the molecule is CC(O)CCNC(=O)Nc1cc(F)ccc1OCC(F)(F)F. The number of hydrogen-bond donors (Lipinski definition) is 3. The zero-order valence-electron chi connectivity index (χ0n) is 11.7. The van der Waals surface area contributed by atoms with E-state index in [2.05, 4.69) is 15.4 Å². The topological polar surface area (TPSA) is 70.6 Å². The lowest BCUT2D eigenvalue weighted by Crippen LogP contribution is -2.31. The molecule has 0 radical (unpaired) electrons. The Labute approximate surface area is 124 Å². The van der Waals surface area contributed by atoms with Gasteiger partial charge in [0, 0.05) is 12.6 Å². The average Bonchev–Trinajstić information content (AvgIpc) is 2.36. The van der Waals surface area contributed by atoms with Crippen LogP contribution in [0.1, 0.15) is 13.3 Å². The summed E-state index contributed by atoms with van der Waals surface area (Å²) in [6.07, 6.45) is -4.86. The molecular formula is C13H16F4N2O3. The lowest BCUT2D eigenvalue weighted by atomic mass is 10.3. The van der Waals surface area contributed by atoms with E-state index in [1.807, 2.05) is 0 Å². The Hall–Kier alpha value is -2.03. The maximum Gasteiger partial charge on any atom is 0.422 e. The Balaban J connectivity index is 2.67. The number of carbonyl (C=O) groups excluding carboxylic acids is 1. The van der Waals surface area contributed by atoms with E-state index in [9.17, 15) is 22.4 Å². The number of rotatable bonds is 6. The van der Waals surface area contributed by atoms with Crippen molar-refractivity contribution in [3.8, 4) is 5.75 Å². The molecule has 0 saturated heterocycles. The second kappa shape index (κ2) is 7.83. The first-order chi connectivity index (χ1) is 10.2. The van der Waals surface area contributed by atoms with E-state index in [0.717, 1.165) is 18.2 Å². The first-order valence-corrected chi connectivity index (χ1v) is 6.39. The highest BCUT2D eigenvalue weighted by molar-refractivity contribution is 5.90. The molecule has 0 aliphatic rings. The summed E-state index contributed by atoms with van der Waals surface area (Å²) in [5.41, 5.74) is -0.223. The van der Waals surface area contributed by atoms with Crippen LogP contribution >= 0.6 is 0 Å². The van der Waals surface area contributed by atoms with Crippen LogP contribution in [0.2, 0.25) is 0 Å². The Kier molecular flexibility index (Phi) is 6.41. The summed E-state index contributed by atoms with van der Waals surface area (Å²) in [6, 6.07) is 2.01. The molecule has 22 heavy (non-hydrogen) atoms. The van der Waals surface area contributed by atoms with Crippen LogP contribution in [0.4, 0.5) is 28.0 Å². The summed E-state index contributed by atoms with van der Waals surface area (Å²) >= 11 is 0. The second-order valence-corrected chi connectivity index (χ2v) is 4.56. The Bertz CT molecular complexity index is 507. The van der Waals surface area contributed by atoms with Crippen molar-refractivity contribution in [2.45, 2.75) is 25.6 Å². The van der Waals surface area contributed by atoms with E-state index < -0.39 is 30.7 Å². The number of alkyl halides is 3. The standard InChI is InChI=1S/C13H16F4N2O3/c1-8(20)4-5-18-12(21)19-10-6-9(14)2-3-11(10)22-7-13(15,16)17/h2-3,6,8,20H,4-5,7H2,1H3,(H2,18,19,21). The van der Waals surface area contributed by atoms with Crippen molar-refractivity contribution >= 4 is 11.7 Å². The number of nitrogens with one attached hydrogen (secondary N) is 2. The lowest BCUT2D eigenvalue weighted by molar-refractivity contribution is -0.153. The fourth-order valence-electron chi connectivity index (χ4n) is 1.45. The fraction of sp³-hybridized carbons (Fsp3) is 0.462. The third kappa shape index (κ3) is 7.11. The van der Waals surface area contributed by atoms with Gasteiger partial charge in [0.15, 0.2) is 6.61 Å². The number of halogens is 4. The van der Waals surface area contributed by atoms with Crippen molar-refractivity contribution in [3.05, 3.63) is 24.0 Å². The summed E-state index contributed by atoms with van der Waals surface area (Å²) in [5.74, 6) is -1.04. The first-order valence-electron chi connectivity index (χ1n) is 6.39. The maximum absolute atomic E-state index is 13.1. The van der Waals surface area contributed by atoms with Crippen molar-refractivity contribution in [2.24, 2.45) is 0 Å². The summed E-state index contributed by atoms with van der Waals surface area (Å²) < 4.78 is 54.1. The average molecular weight is 324 g/mol. The van der Waals surface area contributed by atoms with E-state index in [0.29, 0.717) is 6.42 Å². The molecule has 1 aromatic carbocycles. The molecule has 1 atom stereocenters. The molecule has 9 heteroatoms. The zero-order chi connectivity index (χ0) is 16.8. The zero-order valence-corrected chi connectivity index (χ0v) is 11.7. The molecule has 0 aliphatic heterocycles. The molecule has 124 valence electrons. The number of urea groups is 1. The molecule has 1 rings (SSSR count). The minimum absolute atomic E-state index is 0.150. The molecule has 2 amide bonds. The van der Waals surface area contributed by atoms with Crippen LogP contribution < -0.4 is 15.4 Å². The second-order valence-electron chi connectivity index (χ2n) is 4.56. The quantitative estimate of drug-likeness (QED) is 0.705. The third-order valence-corrected chi connectivity index (χ3v) is 2.43. The number of carbonyl (C=O) groups is 1. The molecule has 5 nitrogen and oxygen atoms in total. The number of benzene rings is 1. The highest BCUT2D eigenvalue weighted by Crippen LogP contribution is 2.27. The molecular weight excluding hydrogens is 308 g/mol. The van der Waals surface area contributed by atoms with Gasteiger partial charge in [0.1, 0.15) is 11.6 Å². The smallest absolute Gasteiger partial charge is 0.422 e. The summed E-state index contributed by atoms with van der Waals surface area (Å²) in [4.78, 5) is 11.6. The Morgan fingerprint density at radius 2 is 2.09 bits per heavy atom. The van der Waals surface area contributed by atoms with Crippen LogP contribution in [-0.4, -0.2) is 36.6 Å². The van der Waals surface area contributed by atoms with Crippen LogP contribution in [0.25, 0.3) is 0 Å². The van der Waals surface area contributed by atoms with Crippen molar-refractivity contribution in [1.82, 2.24) is 5.32 Å². The van der Waals surface area contributed by atoms with Gasteiger partial charge in [-0.25, -0.2) is 9.18 Å². The van der Waals surface area contributed by atoms with Gasteiger partial charge < -0.3 is 20.5 Å². The van der Waals surface area contributed by atoms with Gasteiger partial charge in [0.2, 0.25) is 0 Å². The number of amides is 2. The third-order valence-electron chi connectivity index (χ3n) is 2.43. The van der Waals surface area contributed by atoms with Crippen molar-refractivity contribution in [1.29, 1.82) is 0 Å². The monoisotopic (exact) mass is 324 g/mol. The van der Waals surface area contributed by atoms with Crippen LogP contribution in [0.5, 0.6) is 5.75 Å². The predicted octanol–water partition coefficient (Wildman–Crippen LogP) is 2.66. The van der Waals surface area contributed by atoms with Crippen molar-refractivity contribution < 1.29 is 32.2 Å². The van der Waals surface area contributed by atoms with Gasteiger partial charge in [0.05, 0.1) is 11.8 Å². The van der Waals surface area contributed by atoms with Gasteiger partial charge in [-0.3, -0.25) is 0 Å². The maximum atomic E-state index is 13.1. The van der Waals surface area contributed by atoms with Crippen LogP contribution in [0.15, 0.2) is 18.2 Å². The molecule has 1 aromatic rings. The Morgan fingerprint density at radius 3 is 2.68 bits per heavy atom. The van der Waals surface area contributed by atoms with Gasteiger partial charge in [-0.2, -0.15) is 13.2 Å². The molecule has 0 bridgehead atoms. The number of hydrogen-bond acceptors (Lipinski definition) is 3. The minimum atomic E-state index is -4.55. The number of aliphatic hydroxyl groups is 1. The largest absolute Gasteiger partial charge is 0.482 e. The molecule has 3 N–H and O–H groups in total. The lowest BCUT2D eigenvalue weighted by Gasteiger charge is -2.14. The van der Waals surface area contributed by atoms with Crippen LogP contribution in [-0.2, 0) is 0 Å². The summed E-state index contributed by atoms with van der Waals surface area (Å²) in [5, 5.41) is 13.6. The van der Waals surface area contributed by atoms with E-state index >= 15 is 0 Å². The number of ether oxygens (including phenoxy) is 1. The number of aliphatic hydroxyl groups excluding tert-OH is 1. The van der Waals surface area contributed by atoms with Crippen LogP contribution in [0.3, 0.4) is 0 Å². The van der Waals surface area contributed by atoms with Gasteiger partial charge in [-0.1, -0.05) is 0 Å². The summed E-state index contributed by atoms with van der Waals surface area (Å²) in [7, 11) is 0. The van der Waals surface area contributed by atoms with Gasteiger partial charge in [-0.15, -0.1) is 0 Å². The van der Waals surface area contributed by atoms with E-state index in [-0.39, 0.29) is 18.0 Å². The van der Waals surface area contributed by atoms with Crippen LogP contribution in [0, 0.1) is 5.82 Å². The molecule has 0 aromatic heterocycles. The van der Waals surface area contributed by atoms with Gasteiger partial charge in [-0.05, 0) is 25.5 Å². The minimum Gasteiger partial charge on any atom is -0.482 e. The highest BCUT2D eigenvalue weighted by atomic mass is 19.4. The molecule has 0 heterocycles. The number of anilines is 1. The van der Waals surface area contributed by atoms with Crippen molar-refractivity contribution in [3.63, 3.8) is 0 Å². The normalized spacial score (nSPS) is 12.6. The Morgan fingerprint density at radius 1 is 1.41 bits per heavy atom. The van der Waals surface area contributed by atoms with Crippen molar-refractivity contribution in [2.75, 3.05) is 18.5 Å². The fourth-order valence-corrected chi connectivity index (χ4v) is 1.45. The van der Waals surface area contributed by atoms with E-state index in [4.69, 9.17) is 5.11 Å². The molecule has 1 unspecified atom stereocenters. The highest BCUT2D eigenvalue weighted by Gasteiger charge is 2.29. The van der Waals surface area contributed by atoms with Gasteiger partial charge >= 0.3 is 12.2 Å². The molecule has 0 aliphatic carbocycles. The molecule has 0 saturated carbocycles. The molecule has 0 spiro atoms. The summed E-state index contributed by atoms with van der Waals surface area (Å²) in [6.45, 7) is 0.129. The predicted molar refractivity (Wildman–Crippen MR) is 71.3 cm³/mol. The van der Waals surface area contributed by atoms with Gasteiger partial charge in [0.25, 0.3) is 0 Å². The van der Waals surface area contributed by atoms with E-state index in [1.54, 1.807) is 0 Å². The van der Waals surface area contributed by atoms with E-state index in [1.165, 1.54) is 6.92 Å². The first kappa shape index (κ1) is 18.0.